The highest BCUT2D eigenvalue weighted by molar-refractivity contribution is 6.10. The van der Waals surface area contributed by atoms with Gasteiger partial charge in [-0.1, -0.05) is 6.07 Å². The van der Waals surface area contributed by atoms with E-state index in [0.29, 0.717) is 16.9 Å². The van der Waals surface area contributed by atoms with Crippen LogP contribution < -0.4 is 24.3 Å². The quantitative estimate of drug-likeness (QED) is 0.112. The molecule has 11 heteroatoms. The molecule has 0 atom stereocenters. The van der Waals surface area contributed by atoms with Crippen molar-refractivity contribution in [3.63, 3.8) is 0 Å². The Morgan fingerprint density at radius 3 is 2.19 bits per heavy atom. The standard InChI is InChI=1S/C26H21N3O8/c1-34-20-8-5-17(6-9-20)26(31)37-23-10-4-16(13-24(23)36-3)12-18(15-27)25(30)28-21-14-19(29(32)33)7-11-22(21)35-2/h4-14H,1-3H3,(H,28,30)/b18-12+. The van der Waals surface area contributed by atoms with E-state index in [-0.39, 0.29) is 34.2 Å². The lowest BCUT2D eigenvalue weighted by Crippen LogP contribution is -2.14. The summed E-state index contributed by atoms with van der Waals surface area (Å²) in [5.41, 5.74) is 0.175. The summed E-state index contributed by atoms with van der Waals surface area (Å²) in [5.74, 6) is -0.339. The fraction of sp³-hybridized carbons (Fsp3) is 0.115. The molecule has 0 bridgehead atoms. The highest BCUT2D eigenvalue weighted by Crippen LogP contribution is 2.31. The van der Waals surface area contributed by atoms with Crippen LogP contribution in [-0.4, -0.2) is 38.1 Å². The molecular formula is C26H21N3O8. The minimum atomic E-state index is -0.810. The lowest BCUT2D eigenvalue weighted by Gasteiger charge is -2.11. The van der Waals surface area contributed by atoms with Crippen LogP contribution >= 0.6 is 0 Å². The van der Waals surface area contributed by atoms with Crippen LogP contribution in [0.5, 0.6) is 23.0 Å². The number of nitrogens with one attached hydrogen (secondary N) is 1. The summed E-state index contributed by atoms with van der Waals surface area (Å²) in [7, 11) is 4.23. The molecule has 0 aromatic heterocycles. The van der Waals surface area contributed by atoms with E-state index in [9.17, 15) is 25.0 Å². The van der Waals surface area contributed by atoms with Crippen molar-refractivity contribution in [1.29, 1.82) is 5.26 Å². The highest BCUT2D eigenvalue weighted by atomic mass is 16.6. The van der Waals surface area contributed by atoms with E-state index in [2.05, 4.69) is 5.32 Å². The first-order valence-electron chi connectivity index (χ1n) is 10.6. The monoisotopic (exact) mass is 503 g/mol. The molecule has 1 N–H and O–H groups in total. The number of carbonyl (C=O) groups is 2. The number of methoxy groups -OCH3 is 3. The summed E-state index contributed by atoms with van der Waals surface area (Å²) in [6.07, 6.45) is 1.29. The van der Waals surface area contributed by atoms with Crippen molar-refractivity contribution in [3.8, 4) is 29.1 Å². The molecule has 37 heavy (non-hydrogen) atoms. The fourth-order valence-electron chi connectivity index (χ4n) is 3.16. The van der Waals surface area contributed by atoms with Crippen LogP contribution in [0.4, 0.5) is 11.4 Å². The third-order valence-corrected chi connectivity index (χ3v) is 5.03. The summed E-state index contributed by atoms with van der Waals surface area (Å²) in [6, 6.07) is 16.3. The van der Waals surface area contributed by atoms with Gasteiger partial charge in [-0.3, -0.25) is 14.9 Å². The number of hydrogen-bond donors (Lipinski definition) is 1. The van der Waals surface area contributed by atoms with Crippen molar-refractivity contribution in [1.82, 2.24) is 0 Å². The van der Waals surface area contributed by atoms with E-state index >= 15 is 0 Å². The second-order valence-electron chi connectivity index (χ2n) is 7.29. The second-order valence-corrected chi connectivity index (χ2v) is 7.29. The number of esters is 1. The molecule has 0 saturated carbocycles. The molecule has 0 aliphatic carbocycles. The number of anilines is 1. The van der Waals surface area contributed by atoms with Gasteiger partial charge in [0, 0.05) is 12.1 Å². The zero-order chi connectivity index (χ0) is 26.9. The Morgan fingerprint density at radius 2 is 1.59 bits per heavy atom. The molecular weight excluding hydrogens is 482 g/mol. The Kier molecular flexibility index (Phi) is 8.41. The lowest BCUT2D eigenvalue weighted by atomic mass is 10.1. The van der Waals surface area contributed by atoms with E-state index in [0.717, 1.165) is 6.07 Å². The Balaban J connectivity index is 1.82. The topological polar surface area (TPSA) is 150 Å². The average Bonchev–Trinajstić information content (AvgIpc) is 2.92. The molecule has 3 rings (SSSR count). The van der Waals surface area contributed by atoms with Crippen LogP contribution in [0, 0.1) is 21.4 Å². The number of hydrogen-bond acceptors (Lipinski definition) is 9. The maximum absolute atomic E-state index is 12.7. The van der Waals surface area contributed by atoms with Gasteiger partial charge in [-0.25, -0.2) is 4.79 Å². The van der Waals surface area contributed by atoms with Gasteiger partial charge in [-0.2, -0.15) is 5.26 Å². The maximum Gasteiger partial charge on any atom is 0.343 e. The predicted octanol–water partition coefficient (Wildman–Crippen LogP) is 4.39. The molecule has 0 saturated heterocycles. The van der Waals surface area contributed by atoms with Crippen LogP contribution in [0.1, 0.15) is 15.9 Å². The van der Waals surface area contributed by atoms with E-state index in [1.54, 1.807) is 30.3 Å². The van der Waals surface area contributed by atoms with Gasteiger partial charge in [-0.05, 0) is 54.1 Å². The van der Waals surface area contributed by atoms with Crippen LogP contribution in [0.15, 0.2) is 66.2 Å². The molecule has 0 heterocycles. The Labute approximate surface area is 211 Å². The molecule has 0 aliphatic heterocycles. The molecule has 188 valence electrons. The third kappa shape index (κ3) is 6.40. The fourth-order valence-corrected chi connectivity index (χ4v) is 3.16. The smallest absolute Gasteiger partial charge is 0.343 e. The first-order valence-corrected chi connectivity index (χ1v) is 10.6. The number of rotatable bonds is 9. The van der Waals surface area contributed by atoms with Crippen molar-refractivity contribution < 1.29 is 33.5 Å². The van der Waals surface area contributed by atoms with E-state index in [4.69, 9.17) is 18.9 Å². The van der Waals surface area contributed by atoms with Gasteiger partial charge in [0.25, 0.3) is 11.6 Å². The number of ether oxygens (including phenoxy) is 4. The summed E-state index contributed by atoms with van der Waals surface area (Å²) in [6.45, 7) is 0. The first-order chi connectivity index (χ1) is 17.8. The highest BCUT2D eigenvalue weighted by Gasteiger charge is 2.17. The van der Waals surface area contributed by atoms with Gasteiger partial charge in [0.05, 0.1) is 37.5 Å². The molecule has 1 amide bonds. The third-order valence-electron chi connectivity index (χ3n) is 5.03. The number of carbonyl (C=O) groups excluding carboxylic acids is 2. The number of nitro groups is 1. The van der Waals surface area contributed by atoms with Crippen molar-refractivity contribution in [3.05, 3.63) is 87.5 Å². The number of nitrogens with zero attached hydrogens (tertiary/aromatic N) is 2. The van der Waals surface area contributed by atoms with Gasteiger partial charge in [0.2, 0.25) is 0 Å². The molecule has 0 spiro atoms. The number of nitro benzene ring substituents is 1. The summed E-state index contributed by atoms with van der Waals surface area (Å²) < 4.78 is 20.9. The van der Waals surface area contributed by atoms with Gasteiger partial charge >= 0.3 is 5.97 Å². The van der Waals surface area contributed by atoms with Gasteiger partial charge in [0.1, 0.15) is 23.1 Å². The van der Waals surface area contributed by atoms with Crippen molar-refractivity contribution in [2.75, 3.05) is 26.6 Å². The minimum Gasteiger partial charge on any atom is -0.497 e. The van der Waals surface area contributed by atoms with E-state index < -0.39 is 16.8 Å². The SMILES string of the molecule is COc1ccc(C(=O)Oc2ccc(/C=C(\C#N)C(=O)Nc3cc([N+](=O)[O-])ccc3OC)cc2OC)cc1. The molecule has 3 aromatic carbocycles. The largest absolute Gasteiger partial charge is 0.497 e. The molecule has 0 fully saturated rings. The second kappa shape index (κ2) is 11.9. The minimum absolute atomic E-state index is 0.0289. The van der Waals surface area contributed by atoms with E-state index in [1.165, 1.54) is 57.7 Å². The zero-order valence-electron chi connectivity index (χ0n) is 20.0. The molecule has 11 nitrogen and oxygen atoms in total. The number of non-ortho nitro benzene ring substituents is 1. The van der Waals surface area contributed by atoms with E-state index in [1.807, 2.05) is 0 Å². The predicted molar refractivity (Wildman–Crippen MR) is 133 cm³/mol. The summed E-state index contributed by atoms with van der Waals surface area (Å²) in [5, 5.41) is 23.1. The molecule has 0 unspecified atom stereocenters. The number of benzene rings is 3. The first kappa shape index (κ1) is 26.2. The average molecular weight is 503 g/mol. The molecule has 0 radical (unpaired) electrons. The summed E-state index contributed by atoms with van der Waals surface area (Å²) >= 11 is 0. The number of nitriles is 1. The van der Waals surface area contributed by atoms with Crippen molar-refractivity contribution in [2.24, 2.45) is 0 Å². The van der Waals surface area contributed by atoms with Crippen LogP contribution in [0.3, 0.4) is 0 Å². The Morgan fingerprint density at radius 1 is 0.919 bits per heavy atom. The summed E-state index contributed by atoms with van der Waals surface area (Å²) in [4.78, 5) is 35.7. The van der Waals surface area contributed by atoms with Crippen LogP contribution in [0.25, 0.3) is 6.08 Å². The van der Waals surface area contributed by atoms with Gasteiger partial charge in [0.15, 0.2) is 11.5 Å². The Bertz CT molecular complexity index is 1410. The zero-order valence-corrected chi connectivity index (χ0v) is 20.0. The Hall–Kier alpha value is -5.37. The maximum atomic E-state index is 12.7. The molecule has 3 aromatic rings. The lowest BCUT2D eigenvalue weighted by molar-refractivity contribution is -0.384. The van der Waals surface area contributed by atoms with Gasteiger partial charge < -0.3 is 24.3 Å². The normalized spacial score (nSPS) is 10.6. The van der Waals surface area contributed by atoms with Crippen molar-refractivity contribution in [2.45, 2.75) is 0 Å². The van der Waals surface area contributed by atoms with Crippen LogP contribution in [0.2, 0.25) is 0 Å². The van der Waals surface area contributed by atoms with Gasteiger partial charge in [-0.15, -0.1) is 0 Å². The number of amides is 1. The molecule has 0 aliphatic rings. The van der Waals surface area contributed by atoms with Crippen molar-refractivity contribution >= 4 is 29.3 Å². The van der Waals surface area contributed by atoms with Crippen LogP contribution in [-0.2, 0) is 4.79 Å².